The summed E-state index contributed by atoms with van der Waals surface area (Å²) in [7, 11) is 0. The average Bonchev–Trinajstić information content (AvgIpc) is 3.35. The van der Waals surface area contributed by atoms with E-state index in [4.69, 9.17) is 4.74 Å². The summed E-state index contributed by atoms with van der Waals surface area (Å²) in [6.07, 6.45) is 3.89. The molecular weight excluding hydrogens is 412 g/mol. The number of ether oxygens (including phenoxy) is 1. The number of hydrogen-bond donors (Lipinski definition) is 2. The summed E-state index contributed by atoms with van der Waals surface area (Å²) in [5, 5.41) is 15.8. The molecule has 0 radical (unpaired) electrons. The lowest BCUT2D eigenvalue weighted by atomic mass is 10.1. The van der Waals surface area contributed by atoms with Crippen molar-refractivity contribution in [2.75, 3.05) is 18.4 Å². The van der Waals surface area contributed by atoms with Crippen LogP contribution in [-0.4, -0.2) is 45.3 Å². The highest BCUT2D eigenvalue weighted by molar-refractivity contribution is 7.12. The average molecular weight is 433 g/mol. The molecule has 156 valence electrons. The number of nitrogens with one attached hydrogen (secondary N) is 2. The molecule has 2 aromatic carbocycles. The molecule has 0 bridgehead atoms. The largest absolute Gasteiger partial charge is 0.490 e. The number of carbonyl (C=O) groups is 1. The van der Waals surface area contributed by atoms with Gasteiger partial charge in [0.05, 0.1) is 5.52 Å². The van der Waals surface area contributed by atoms with E-state index in [1.165, 1.54) is 11.3 Å². The summed E-state index contributed by atoms with van der Waals surface area (Å²) >= 11 is 1.46. The summed E-state index contributed by atoms with van der Waals surface area (Å²) in [5.41, 5.74) is 3.86. The number of fused-ring (bicyclic) bond motifs is 1. The molecule has 0 spiro atoms. The van der Waals surface area contributed by atoms with Gasteiger partial charge in [0.1, 0.15) is 22.4 Å². The molecule has 2 N–H and O–H groups in total. The minimum Gasteiger partial charge on any atom is -0.490 e. The smallest absolute Gasteiger partial charge is 0.258 e. The van der Waals surface area contributed by atoms with Gasteiger partial charge in [-0.05, 0) is 56.3 Å². The molecule has 4 aromatic rings. The maximum Gasteiger partial charge on any atom is 0.258 e. The number of benzene rings is 2. The number of rotatable bonds is 5. The van der Waals surface area contributed by atoms with Gasteiger partial charge >= 0.3 is 0 Å². The number of amides is 1. The lowest BCUT2D eigenvalue weighted by molar-refractivity contribution is 0.102. The minimum absolute atomic E-state index is 0.219. The van der Waals surface area contributed by atoms with Gasteiger partial charge in [-0.2, -0.15) is 0 Å². The van der Waals surface area contributed by atoms with E-state index in [0.717, 1.165) is 53.2 Å². The van der Waals surface area contributed by atoms with Gasteiger partial charge < -0.3 is 10.1 Å². The van der Waals surface area contributed by atoms with Crippen LogP contribution in [0.1, 0.15) is 23.2 Å². The Morgan fingerprint density at radius 3 is 2.74 bits per heavy atom. The summed E-state index contributed by atoms with van der Waals surface area (Å²) in [4.78, 5) is 21.4. The van der Waals surface area contributed by atoms with Gasteiger partial charge in [-0.15, -0.1) is 10.2 Å². The zero-order valence-electron chi connectivity index (χ0n) is 16.6. The van der Waals surface area contributed by atoms with Crippen molar-refractivity contribution < 1.29 is 9.53 Å². The maximum absolute atomic E-state index is 12.6. The monoisotopic (exact) mass is 432 g/mol. The van der Waals surface area contributed by atoms with Crippen molar-refractivity contribution in [1.82, 2.24) is 25.5 Å². The van der Waals surface area contributed by atoms with E-state index < -0.39 is 0 Å². The first-order chi connectivity index (χ1) is 15.2. The molecule has 1 saturated heterocycles. The second-order valence-corrected chi connectivity index (χ2v) is 8.09. The molecule has 1 fully saturated rings. The van der Waals surface area contributed by atoms with E-state index in [9.17, 15) is 4.79 Å². The summed E-state index contributed by atoms with van der Waals surface area (Å²) in [5.74, 6) is 0.754. The lowest BCUT2D eigenvalue weighted by Gasteiger charge is -2.23. The Kier molecular flexibility index (Phi) is 5.51. The van der Waals surface area contributed by atoms with Crippen molar-refractivity contribution in [3.8, 4) is 16.3 Å². The van der Waals surface area contributed by atoms with E-state index in [2.05, 4.69) is 30.8 Å². The van der Waals surface area contributed by atoms with Crippen LogP contribution in [0.2, 0.25) is 0 Å². The molecular formula is C22H20N6O2S. The topological polar surface area (TPSA) is 102 Å². The Balaban J connectivity index is 1.29. The molecule has 1 aliphatic heterocycles. The van der Waals surface area contributed by atoms with E-state index >= 15 is 0 Å². The van der Waals surface area contributed by atoms with Crippen LogP contribution in [0, 0.1) is 0 Å². The standard InChI is InChI=1S/C22H20N6O2S/c29-20(14-3-5-17(6-4-14)30-18-7-9-23-10-8-18)27-22-24-12-16-2-1-15(11-19(16)26-22)21-28-25-13-31-21/h1-6,11-13,18,23H,7-10H2,(H,24,26,27,29). The van der Waals surface area contributed by atoms with Gasteiger partial charge in [-0.3, -0.25) is 10.1 Å². The fourth-order valence-electron chi connectivity index (χ4n) is 3.48. The summed E-state index contributed by atoms with van der Waals surface area (Å²) in [6, 6.07) is 13.0. The molecule has 0 unspecified atom stereocenters. The van der Waals surface area contributed by atoms with Gasteiger partial charge in [-0.1, -0.05) is 23.5 Å². The normalized spacial score (nSPS) is 14.5. The molecule has 0 atom stereocenters. The predicted octanol–water partition coefficient (Wildman–Crippen LogP) is 3.53. The van der Waals surface area contributed by atoms with Gasteiger partial charge in [0.2, 0.25) is 5.95 Å². The second-order valence-electron chi connectivity index (χ2n) is 7.26. The maximum atomic E-state index is 12.6. The van der Waals surface area contributed by atoms with Crippen LogP contribution in [0.5, 0.6) is 5.75 Å². The summed E-state index contributed by atoms with van der Waals surface area (Å²) < 4.78 is 5.99. The molecule has 5 rings (SSSR count). The molecule has 9 heteroatoms. The fourth-order valence-corrected chi connectivity index (χ4v) is 4.03. The van der Waals surface area contributed by atoms with Crippen LogP contribution in [0.15, 0.2) is 54.2 Å². The van der Waals surface area contributed by atoms with Crippen molar-refractivity contribution in [2.24, 2.45) is 0 Å². The first-order valence-corrected chi connectivity index (χ1v) is 10.9. The van der Waals surface area contributed by atoms with Crippen LogP contribution < -0.4 is 15.4 Å². The lowest BCUT2D eigenvalue weighted by Crippen LogP contribution is -2.34. The van der Waals surface area contributed by atoms with E-state index in [-0.39, 0.29) is 18.0 Å². The Morgan fingerprint density at radius 1 is 1.13 bits per heavy atom. The number of carbonyl (C=O) groups excluding carboxylic acids is 1. The first-order valence-electron chi connectivity index (χ1n) is 10.1. The molecule has 1 amide bonds. The van der Waals surface area contributed by atoms with Crippen molar-refractivity contribution in [2.45, 2.75) is 18.9 Å². The van der Waals surface area contributed by atoms with Crippen molar-refractivity contribution >= 4 is 34.1 Å². The number of hydrogen-bond acceptors (Lipinski definition) is 8. The highest BCUT2D eigenvalue weighted by Crippen LogP contribution is 2.25. The van der Waals surface area contributed by atoms with Crippen LogP contribution >= 0.6 is 11.3 Å². The molecule has 3 heterocycles. The SMILES string of the molecule is O=C(Nc1ncc2ccc(-c3nncs3)cc2n1)c1ccc(OC2CCNCC2)cc1. The molecule has 2 aromatic heterocycles. The number of nitrogens with zero attached hydrogens (tertiary/aromatic N) is 4. The van der Waals surface area contributed by atoms with E-state index in [1.807, 2.05) is 30.3 Å². The molecule has 1 aliphatic rings. The Hall–Kier alpha value is -3.43. The van der Waals surface area contributed by atoms with Gasteiger partial charge in [0.25, 0.3) is 5.91 Å². The fraction of sp³-hybridized carbons (Fsp3) is 0.227. The highest BCUT2D eigenvalue weighted by atomic mass is 32.1. The quantitative estimate of drug-likeness (QED) is 0.497. The Bertz CT molecular complexity index is 1190. The van der Waals surface area contributed by atoms with Gasteiger partial charge in [-0.25, -0.2) is 9.97 Å². The summed E-state index contributed by atoms with van der Waals surface area (Å²) in [6.45, 7) is 1.94. The predicted molar refractivity (Wildman–Crippen MR) is 119 cm³/mol. The Morgan fingerprint density at radius 2 is 1.97 bits per heavy atom. The van der Waals surface area contributed by atoms with Crippen LogP contribution in [-0.2, 0) is 0 Å². The zero-order chi connectivity index (χ0) is 21.0. The van der Waals surface area contributed by atoms with Crippen molar-refractivity contribution in [1.29, 1.82) is 0 Å². The third-order valence-corrected chi connectivity index (χ3v) is 5.86. The third kappa shape index (κ3) is 4.52. The third-order valence-electron chi connectivity index (χ3n) is 5.12. The molecule has 31 heavy (non-hydrogen) atoms. The second kappa shape index (κ2) is 8.75. The number of piperidine rings is 1. The van der Waals surface area contributed by atoms with Crippen LogP contribution in [0.3, 0.4) is 0 Å². The first kappa shape index (κ1) is 19.5. The van der Waals surface area contributed by atoms with E-state index in [1.54, 1.807) is 23.8 Å². The number of anilines is 1. The van der Waals surface area contributed by atoms with Crippen LogP contribution in [0.4, 0.5) is 5.95 Å². The van der Waals surface area contributed by atoms with Gasteiger partial charge in [0, 0.05) is 22.7 Å². The minimum atomic E-state index is -0.270. The Labute approximate surface area is 182 Å². The van der Waals surface area contributed by atoms with Crippen LogP contribution in [0.25, 0.3) is 21.5 Å². The van der Waals surface area contributed by atoms with Gasteiger partial charge in [0.15, 0.2) is 0 Å². The van der Waals surface area contributed by atoms with E-state index in [0.29, 0.717) is 5.56 Å². The zero-order valence-corrected chi connectivity index (χ0v) is 17.4. The van der Waals surface area contributed by atoms with Crippen molar-refractivity contribution in [3.05, 3.63) is 59.7 Å². The molecule has 0 saturated carbocycles. The highest BCUT2D eigenvalue weighted by Gasteiger charge is 2.15. The molecule has 0 aliphatic carbocycles. The molecule has 8 nitrogen and oxygen atoms in total. The van der Waals surface area contributed by atoms with Crippen molar-refractivity contribution in [3.63, 3.8) is 0 Å². The number of aromatic nitrogens is 4.